The predicted octanol–water partition coefficient (Wildman–Crippen LogP) is 4.27. The Labute approximate surface area is 136 Å². The van der Waals surface area contributed by atoms with Gasteiger partial charge in [0, 0.05) is 28.7 Å². The smallest absolute Gasteiger partial charge is 0.254 e. The van der Waals surface area contributed by atoms with Crippen LogP contribution in [-0.4, -0.2) is 17.9 Å². The number of methoxy groups -OCH3 is 1. The Balaban J connectivity index is 1.82. The number of nitrogens with zero attached hydrogens (tertiary/aromatic N) is 1. The fraction of sp³-hybridized carbons (Fsp3) is 0.188. The van der Waals surface area contributed by atoms with E-state index in [-0.39, 0.29) is 5.91 Å². The first-order valence-corrected chi connectivity index (χ1v) is 7.66. The first-order chi connectivity index (χ1) is 10.1. The number of ether oxygens (including phenoxy) is 1. The van der Waals surface area contributed by atoms with Gasteiger partial charge in [-0.25, -0.2) is 0 Å². The quantitative estimate of drug-likeness (QED) is 0.812. The summed E-state index contributed by atoms with van der Waals surface area (Å²) in [7, 11) is 1.63. The number of carbonyl (C=O) groups excluding carboxylic acids is 1. The minimum absolute atomic E-state index is 0.0234. The highest BCUT2D eigenvalue weighted by molar-refractivity contribution is 9.10. The Bertz CT molecular complexity index is 700. The molecule has 1 amide bonds. The molecule has 0 saturated carbocycles. The van der Waals surface area contributed by atoms with E-state index in [1.807, 2.05) is 36.4 Å². The monoisotopic (exact) mass is 365 g/mol. The van der Waals surface area contributed by atoms with Crippen molar-refractivity contribution in [1.29, 1.82) is 0 Å². The van der Waals surface area contributed by atoms with E-state index in [0.717, 1.165) is 21.3 Å². The molecule has 108 valence electrons. The van der Waals surface area contributed by atoms with Crippen LogP contribution in [-0.2, 0) is 13.1 Å². The third-order valence-corrected chi connectivity index (χ3v) is 4.92. The van der Waals surface area contributed by atoms with Crippen molar-refractivity contribution in [2.24, 2.45) is 0 Å². The van der Waals surface area contributed by atoms with Crippen LogP contribution in [0.25, 0.3) is 0 Å². The lowest BCUT2D eigenvalue weighted by Crippen LogP contribution is -2.23. The summed E-state index contributed by atoms with van der Waals surface area (Å²) in [5.41, 5.74) is 2.65. The number of benzene rings is 2. The van der Waals surface area contributed by atoms with Crippen LogP contribution < -0.4 is 4.74 Å². The maximum Gasteiger partial charge on any atom is 0.254 e. The SMILES string of the molecule is COc1ccc(CN2Cc3c(ccc(Br)c3Cl)C2=O)cc1. The summed E-state index contributed by atoms with van der Waals surface area (Å²) < 4.78 is 5.96. The van der Waals surface area contributed by atoms with Crippen LogP contribution in [0.5, 0.6) is 5.75 Å². The topological polar surface area (TPSA) is 29.5 Å². The van der Waals surface area contributed by atoms with Crippen molar-refractivity contribution < 1.29 is 9.53 Å². The van der Waals surface area contributed by atoms with Gasteiger partial charge >= 0.3 is 0 Å². The third kappa shape index (κ3) is 2.65. The van der Waals surface area contributed by atoms with Crippen molar-refractivity contribution in [3.8, 4) is 5.75 Å². The molecule has 3 rings (SSSR count). The number of carbonyl (C=O) groups is 1. The highest BCUT2D eigenvalue weighted by Crippen LogP contribution is 2.35. The van der Waals surface area contributed by atoms with E-state index >= 15 is 0 Å². The van der Waals surface area contributed by atoms with Gasteiger partial charge in [-0.15, -0.1) is 0 Å². The normalized spacial score (nSPS) is 13.5. The molecule has 2 aromatic rings. The molecule has 1 heterocycles. The molecule has 0 aliphatic carbocycles. The van der Waals surface area contributed by atoms with Gasteiger partial charge in [0.05, 0.1) is 12.1 Å². The van der Waals surface area contributed by atoms with Crippen molar-refractivity contribution in [2.75, 3.05) is 7.11 Å². The Kier molecular flexibility index (Phi) is 3.91. The van der Waals surface area contributed by atoms with E-state index in [0.29, 0.717) is 23.7 Å². The highest BCUT2D eigenvalue weighted by Gasteiger charge is 2.29. The predicted molar refractivity (Wildman–Crippen MR) is 85.7 cm³/mol. The van der Waals surface area contributed by atoms with Gasteiger partial charge in [-0.05, 0) is 45.8 Å². The first kappa shape index (κ1) is 14.4. The lowest BCUT2D eigenvalue weighted by atomic mass is 10.1. The zero-order valence-electron chi connectivity index (χ0n) is 11.4. The molecule has 0 bridgehead atoms. The summed E-state index contributed by atoms with van der Waals surface area (Å²) in [5, 5.41) is 0.623. The minimum atomic E-state index is 0.0234. The summed E-state index contributed by atoms with van der Waals surface area (Å²) in [6.07, 6.45) is 0. The molecule has 0 aromatic heterocycles. The van der Waals surface area contributed by atoms with Crippen LogP contribution in [0.1, 0.15) is 21.5 Å². The average molecular weight is 367 g/mol. The van der Waals surface area contributed by atoms with Gasteiger partial charge in [-0.2, -0.15) is 0 Å². The van der Waals surface area contributed by atoms with Crippen molar-refractivity contribution in [1.82, 2.24) is 4.90 Å². The molecule has 1 aliphatic rings. The number of rotatable bonds is 3. The van der Waals surface area contributed by atoms with E-state index in [1.54, 1.807) is 12.0 Å². The van der Waals surface area contributed by atoms with Crippen molar-refractivity contribution in [3.05, 3.63) is 62.6 Å². The van der Waals surface area contributed by atoms with Crippen LogP contribution >= 0.6 is 27.5 Å². The molecule has 1 aliphatic heterocycles. The lowest BCUT2D eigenvalue weighted by Gasteiger charge is -2.15. The summed E-state index contributed by atoms with van der Waals surface area (Å²) in [6.45, 7) is 1.10. The number of amides is 1. The summed E-state index contributed by atoms with van der Waals surface area (Å²) in [5.74, 6) is 0.831. The van der Waals surface area contributed by atoms with Crippen molar-refractivity contribution >= 4 is 33.4 Å². The summed E-state index contributed by atoms with van der Waals surface area (Å²) in [6, 6.07) is 11.4. The molecule has 0 unspecified atom stereocenters. The average Bonchev–Trinajstić information content (AvgIpc) is 2.81. The fourth-order valence-corrected chi connectivity index (χ4v) is 3.06. The van der Waals surface area contributed by atoms with Crippen LogP contribution in [0.15, 0.2) is 40.9 Å². The molecule has 21 heavy (non-hydrogen) atoms. The molecule has 3 nitrogen and oxygen atoms in total. The molecule has 0 radical (unpaired) electrons. The number of hydrogen-bond acceptors (Lipinski definition) is 2. The molecular weight excluding hydrogens is 354 g/mol. The van der Waals surface area contributed by atoms with Gasteiger partial charge in [-0.1, -0.05) is 23.7 Å². The summed E-state index contributed by atoms with van der Waals surface area (Å²) in [4.78, 5) is 14.2. The number of hydrogen-bond donors (Lipinski definition) is 0. The van der Waals surface area contributed by atoms with E-state index in [1.165, 1.54) is 0 Å². The van der Waals surface area contributed by atoms with Gasteiger partial charge in [0.25, 0.3) is 5.91 Å². The maximum absolute atomic E-state index is 12.4. The molecule has 0 atom stereocenters. The molecule has 5 heteroatoms. The largest absolute Gasteiger partial charge is 0.497 e. The second-order valence-corrected chi connectivity index (χ2v) is 6.13. The Morgan fingerprint density at radius 1 is 1.24 bits per heavy atom. The van der Waals surface area contributed by atoms with Gasteiger partial charge in [0.1, 0.15) is 5.75 Å². The summed E-state index contributed by atoms with van der Waals surface area (Å²) >= 11 is 9.67. The molecule has 0 spiro atoms. The molecular formula is C16H13BrClNO2. The zero-order valence-corrected chi connectivity index (χ0v) is 13.7. The zero-order chi connectivity index (χ0) is 15.0. The van der Waals surface area contributed by atoms with Crippen molar-refractivity contribution in [2.45, 2.75) is 13.1 Å². The van der Waals surface area contributed by atoms with E-state index in [4.69, 9.17) is 16.3 Å². The van der Waals surface area contributed by atoms with E-state index < -0.39 is 0 Å². The van der Waals surface area contributed by atoms with Crippen LogP contribution in [0.3, 0.4) is 0 Å². The van der Waals surface area contributed by atoms with Crippen LogP contribution in [0.2, 0.25) is 5.02 Å². The lowest BCUT2D eigenvalue weighted by molar-refractivity contribution is 0.0766. The first-order valence-electron chi connectivity index (χ1n) is 6.49. The van der Waals surface area contributed by atoms with Crippen LogP contribution in [0.4, 0.5) is 0 Å². The molecule has 0 saturated heterocycles. The van der Waals surface area contributed by atoms with Gasteiger partial charge in [0.15, 0.2) is 0 Å². The van der Waals surface area contributed by atoms with E-state index in [9.17, 15) is 4.79 Å². The Morgan fingerprint density at radius 2 is 1.95 bits per heavy atom. The second-order valence-electron chi connectivity index (χ2n) is 4.90. The second kappa shape index (κ2) is 5.70. The Morgan fingerprint density at radius 3 is 2.62 bits per heavy atom. The van der Waals surface area contributed by atoms with Gasteiger partial charge in [-0.3, -0.25) is 4.79 Å². The van der Waals surface area contributed by atoms with Crippen LogP contribution in [0, 0.1) is 0 Å². The molecule has 2 aromatic carbocycles. The minimum Gasteiger partial charge on any atom is -0.497 e. The number of fused-ring (bicyclic) bond motifs is 1. The standard InChI is InChI=1S/C16H13BrClNO2/c1-21-11-4-2-10(3-5-11)8-19-9-13-12(16(19)20)6-7-14(17)15(13)18/h2-7H,8-9H2,1H3. The highest BCUT2D eigenvalue weighted by atomic mass is 79.9. The van der Waals surface area contributed by atoms with Crippen molar-refractivity contribution in [3.63, 3.8) is 0 Å². The fourth-order valence-electron chi connectivity index (χ4n) is 2.46. The number of halogens is 2. The molecule has 0 N–H and O–H groups in total. The Hall–Kier alpha value is -1.52. The van der Waals surface area contributed by atoms with Gasteiger partial charge in [0.2, 0.25) is 0 Å². The van der Waals surface area contributed by atoms with Gasteiger partial charge < -0.3 is 9.64 Å². The third-order valence-electron chi connectivity index (χ3n) is 3.60. The van der Waals surface area contributed by atoms with E-state index in [2.05, 4.69) is 15.9 Å². The molecule has 0 fully saturated rings. The maximum atomic E-state index is 12.4.